The van der Waals surface area contributed by atoms with Crippen molar-refractivity contribution in [1.82, 2.24) is 9.97 Å². The summed E-state index contributed by atoms with van der Waals surface area (Å²) in [6, 6.07) is 6.13. The monoisotopic (exact) mass is 319 g/mol. The zero-order chi connectivity index (χ0) is 13.4. The van der Waals surface area contributed by atoms with E-state index >= 15 is 0 Å². The molecule has 2 heterocycles. The van der Waals surface area contributed by atoms with Crippen LogP contribution < -0.4 is 0 Å². The van der Waals surface area contributed by atoms with Crippen LogP contribution in [-0.2, 0) is 0 Å². The van der Waals surface area contributed by atoms with Crippen molar-refractivity contribution < 1.29 is 9.34 Å². The summed E-state index contributed by atoms with van der Waals surface area (Å²) in [7, 11) is 0. The van der Waals surface area contributed by atoms with Gasteiger partial charge in [0.05, 0.1) is 16.6 Å². The molecular weight excluding hydrogens is 314 g/mol. The normalized spacial score (nSPS) is 10.8. The van der Waals surface area contributed by atoms with Crippen LogP contribution >= 0.6 is 15.9 Å². The van der Waals surface area contributed by atoms with Gasteiger partial charge in [0.25, 0.3) is 5.69 Å². The van der Waals surface area contributed by atoms with Crippen LogP contribution in [0.3, 0.4) is 0 Å². The second-order valence-electron chi connectivity index (χ2n) is 3.82. The molecule has 7 heteroatoms. The summed E-state index contributed by atoms with van der Waals surface area (Å²) in [6.07, 6.45) is 3.26. The minimum atomic E-state index is -0.470. The average Bonchev–Trinajstić information content (AvgIpc) is 2.81. The number of rotatable bonds is 2. The van der Waals surface area contributed by atoms with Gasteiger partial charge in [0.1, 0.15) is 5.52 Å². The molecule has 0 aliphatic heterocycles. The zero-order valence-corrected chi connectivity index (χ0v) is 11.0. The van der Waals surface area contributed by atoms with Crippen molar-refractivity contribution in [1.29, 1.82) is 0 Å². The summed E-state index contributed by atoms with van der Waals surface area (Å²) in [5.74, 6) is 0.379. The van der Waals surface area contributed by atoms with Gasteiger partial charge in [-0.15, -0.1) is 0 Å². The molecule has 0 radical (unpaired) electrons. The second kappa shape index (κ2) is 4.43. The quantitative estimate of drug-likeness (QED) is 0.532. The van der Waals surface area contributed by atoms with E-state index in [9.17, 15) is 10.1 Å². The molecule has 0 amide bonds. The smallest absolute Gasteiger partial charge is 0.273 e. The molecule has 0 fully saturated rings. The van der Waals surface area contributed by atoms with E-state index in [0.29, 0.717) is 22.6 Å². The van der Waals surface area contributed by atoms with Crippen molar-refractivity contribution in [2.75, 3.05) is 0 Å². The SMILES string of the molecule is O=[N+]([O-])c1ccc2nc(-c3cncc(Br)c3)oc2c1. The van der Waals surface area contributed by atoms with Gasteiger partial charge < -0.3 is 4.42 Å². The predicted molar refractivity (Wildman–Crippen MR) is 71.6 cm³/mol. The summed E-state index contributed by atoms with van der Waals surface area (Å²) < 4.78 is 6.33. The van der Waals surface area contributed by atoms with E-state index in [1.54, 1.807) is 18.5 Å². The maximum absolute atomic E-state index is 10.7. The molecule has 0 spiro atoms. The molecule has 94 valence electrons. The lowest BCUT2D eigenvalue weighted by Gasteiger charge is -1.94. The summed E-state index contributed by atoms with van der Waals surface area (Å²) in [4.78, 5) is 18.5. The Labute approximate surface area is 115 Å². The van der Waals surface area contributed by atoms with Gasteiger partial charge in [-0.1, -0.05) is 0 Å². The van der Waals surface area contributed by atoms with Crippen molar-refractivity contribution in [3.8, 4) is 11.5 Å². The minimum Gasteiger partial charge on any atom is -0.436 e. The molecule has 0 saturated heterocycles. The number of pyridine rings is 1. The van der Waals surface area contributed by atoms with Crippen LogP contribution in [0.2, 0.25) is 0 Å². The number of fused-ring (bicyclic) bond motifs is 1. The van der Waals surface area contributed by atoms with Gasteiger partial charge in [0, 0.05) is 22.9 Å². The predicted octanol–water partition coefficient (Wildman–Crippen LogP) is 3.56. The molecule has 6 nitrogen and oxygen atoms in total. The van der Waals surface area contributed by atoms with Crippen LogP contribution in [0.15, 0.2) is 45.5 Å². The van der Waals surface area contributed by atoms with Crippen molar-refractivity contribution in [3.05, 3.63) is 51.2 Å². The Kier molecular flexibility index (Phi) is 2.75. The van der Waals surface area contributed by atoms with E-state index in [2.05, 4.69) is 25.9 Å². The first-order valence-corrected chi connectivity index (χ1v) is 6.09. The van der Waals surface area contributed by atoms with Gasteiger partial charge in [-0.25, -0.2) is 4.98 Å². The number of nitro groups is 1. The summed E-state index contributed by atoms with van der Waals surface area (Å²) in [6.45, 7) is 0. The largest absolute Gasteiger partial charge is 0.436 e. The van der Waals surface area contributed by atoms with Crippen LogP contribution in [0, 0.1) is 10.1 Å². The third kappa shape index (κ3) is 2.19. The van der Waals surface area contributed by atoms with Crippen molar-refractivity contribution >= 4 is 32.7 Å². The molecule has 19 heavy (non-hydrogen) atoms. The lowest BCUT2D eigenvalue weighted by atomic mass is 10.3. The van der Waals surface area contributed by atoms with Crippen molar-refractivity contribution in [2.45, 2.75) is 0 Å². The van der Waals surface area contributed by atoms with E-state index < -0.39 is 4.92 Å². The van der Waals surface area contributed by atoms with Gasteiger partial charge in [0.15, 0.2) is 5.58 Å². The zero-order valence-electron chi connectivity index (χ0n) is 9.41. The topological polar surface area (TPSA) is 82.1 Å². The van der Waals surface area contributed by atoms with Crippen molar-refractivity contribution in [3.63, 3.8) is 0 Å². The number of hydrogen-bond donors (Lipinski definition) is 0. The van der Waals surface area contributed by atoms with Gasteiger partial charge in [0.2, 0.25) is 5.89 Å². The highest BCUT2D eigenvalue weighted by atomic mass is 79.9. The van der Waals surface area contributed by atoms with Crippen LogP contribution in [0.25, 0.3) is 22.6 Å². The maximum Gasteiger partial charge on any atom is 0.273 e. The maximum atomic E-state index is 10.7. The Morgan fingerprint density at radius 3 is 2.84 bits per heavy atom. The lowest BCUT2D eigenvalue weighted by molar-refractivity contribution is -0.384. The first kappa shape index (κ1) is 11.8. The fourth-order valence-electron chi connectivity index (χ4n) is 1.68. The summed E-state index contributed by atoms with van der Waals surface area (Å²) in [5, 5.41) is 10.7. The molecule has 0 aliphatic carbocycles. The van der Waals surface area contributed by atoms with Crippen molar-refractivity contribution in [2.24, 2.45) is 0 Å². The molecule has 0 bridgehead atoms. The molecule has 0 saturated carbocycles. The molecule has 0 aliphatic rings. The Morgan fingerprint density at radius 1 is 1.26 bits per heavy atom. The summed E-state index contributed by atoms with van der Waals surface area (Å²) in [5.41, 5.74) is 1.63. The van der Waals surface area contributed by atoms with Crippen LogP contribution in [-0.4, -0.2) is 14.9 Å². The highest BCUT2D eigenvalue weighted by molar-refractivity contribution is 9.10. The van der Waals surface area contributed by atoms with E-state index in [4.69, 9.17) is 4.42 Å². The highest BCUT2D eigenvalue weighted by Crippen LogP contribution is 2.27. The number of nitrogens with zero attached hydrogens (tertiary/aromatic N) is 3. The number of hydrogen-bond acceptors (Lipinski definition) is 5. The van der Waals surface area contributed by atoms with Gasteiger partial charge in [-0.2, -0.15) is 0 Å². The fraction of sp³-hybridized carbons (Fsp3) is 0. The Hall–Kier alpha value is -2.28. The number of non-ortho nitro benzene ring substituents is 1. The number of benzene rings is 1. The fourth-order valence-corrected chi connectivity index (χ4v) is 2.04. The van der Waals surface area contributed by atoms with E-state index in [1.165, 1.54) is 12.1 Å². The molecule has 3 rings (SSSR count). The highest BCUT2D eigenvalue weighted by Gasteiger charge is 2.13. The number of oxazole rings is 1. The van der Waals surface area contributed by atoms with Crippen LogP contribution in [0.1, 0.15) is 0 Å². The number of aromatic nitrogens is 2. The number of halogens is 1. The van der Waals surface area contributed by atoms with Gasteiger partial charge >= 0.3 is 0 Å². The van der Waals surface area contributed by atoms with E-state index in [0.717, 1.165) is 4.47 Å². The first-order valence-electron chi connectivity index (χ1n) is 5.29. The Morgan fingerprint density at radius 2 is 2.11 bits per heavy atom. The summed E-state index contributed by atoms with van der Waals surface area (Å²) >= 11 is 3.31. The van der Waals surface area contributed by atoms with E-state index in [1.807, 2.05) is 6.07 Å². The van der Waals surface area contributed by atoms with Crippen LogP contribution in [0.4, 0.5) is 5.69 Å². The standard InChI is InChI=1S/C12H6BrN3O3/c13-8-3-7(5-14-6-8)12-15-10-2-1-9(16(17)18)4-11(10)19-12/h1-6H. The molecule has 2 aromatic heterocycles. The lowest BCUT2D eigenvalue weighted by Crippen LogP contribution is -1.86. The third-order valence-electron chi connectivity index (χ3n) is 2.53. The number of nitro benzene ring substituents is 1. The Bertz CT molecular complexity index is 785. The molecule has 3 aromatic rings. The second-order valence-corrected chi connectivity index (χ2v) is 4.74. The average molecular weight is 320 g/mol. The van der Waals surface area contributed by atoms with Gasteiger partial charge in [-0.3, -0.25) is 15.1 Å². The van der Waals surface area contributed by atoms with E-state index in [-0.39, 0.29) is 5.69 Å². The van der Waals surface area contributed by atoms with Crippen LogP contribution in [0.5, 0.6) is 0 Å². The molecule has 1 aromatic carbocycles. The first-order chi connectivity index (χ1) is 9.13. The van der Waals surface area contributed by atoms with Gasteiger partial charge in [-0.05, 0) is 28.1 Å². The Balaban J connectivity index is 2.14. The molecule has 0 unspecified atom stereocenters. The molecule has 0 atom stereocenters. The minimum absolute atomic E-state index is 0.0254. The molecule has 0 N–H and O–H groups in total. The molecular formula is C12H6BrN3O3. The third-order valence-corrected chi connectivity index (χ3v) is 2.97.